The topological polar surface area (TPSA) is 72.0 Å². The van der Waals surface area contributed by atoms with Crippen LogP contribution in [0.25, 0.3) is 0 Å². The lowest BCUT2D eigenvalue weighted by molar-refractivity contribution is 0.384. The molecule has 0 atom stereocenters. The van der Waals surface area contributed by atoms with Crippen molar-refractivity contribution in [3.63, 3.8) is 0 Å². The Morgan fingerprint density at radius 3 is 2.50 bits per heavy atom. The summed E-state index contributed by atoms with van der Waals surface area (Å²) in [6.45, 7) is 2.03. The fourth-order valence-electron chi connectivity index (χ4n) is 3.65. The second-order valence-corrected chi connectivity index (χ2v) is 10.9. The standard InChI is InChI=1S/C22H24BrN3O4S2/c1-29-18-7-8-20(30-2)16(14-18)13-17-15-31-22(24-17)25-9-11-26(12-10-25)32(27,28)21-6-4-3-5-19(21)23/h3-8,14-15H,9-13H2,1-2H3. The Balaban J connectivity index is 1.43. The molecule has 7 nitrogen and oxygen atoms in total. The third-order valence-corrected chi connectivity index (χ3v) is 9.22. The van der Waals surface area contributed by atoms with Gasteiger partial charge >= 0.3 is 0 Å². The molecule has 1 fully saturated rings. The predicted octanol–water partition coefficient (Wildman–Crippen LogP) is 4.02. The number of methoxy groups -OCH3 is 2. The van der Waals surface area contributed by atoms with Crippen molar-refractivity contribution in [2.75, 3.05) is 45.3 Å². The monoisotopic (exact) mass is 537 g/mol. The molecule has 1 aliphatic rings. The zero-order chi connectivity index (χ0) is 22.7. The van der Waals surface area contributed by atoms with Crippen LogP contribution in [0.15, 0.2) is 57.2 Å². The van der Waals surface area contributed by atoms with E-state index in [0.717, 1.165) is 27.9 Å². The largest absolute Gasteiger partial charge is 0.497 e. The van der Waals surface area contributed by atoms with Crippen LogP contribution in [0.3, 0.4) is 0 Å². The lowest BCUT2D eigenvalue weighted by Gasteiger charge is -2.34. The van der Waals surface area contributed by atoms with E-state index in [1.807, 2.05) is 29.6 Å². The van der Waals surface area contributed by atoms with E-state index in [1.54, 1.807) is 48.1 Å². The summed E-state index contributed by atoms with van der Waals surface area (Å²) in [6.07, 6.45) is 0.632. The van der Waals surface area contributed by atoms with Crippen molar-refractivity contribution in [2.45, 2.75) is 11.3 Å². The van der Waals surface area contributed by atoms with Gasteiger partial charge in [0.15, 0.2) is 5.13 Å². The Labute approximate surface area is 200 Å². The molecule has 0 bridgehead atoms. The minimum atomic E-state index is -3.53. The molecule has 170 valence electrons. The van der Waals surface area contributed by atoms with Crippen molar-refractivity contribution >= 4 is 42.4 Å². The van der Waals surface area contributed by atoms with Gasteiger partial charge in [0.05, 0.1) is 24.8 Å². The molecule has 0 unspecified atom stereocenters. The van der Waals surface area contributed by atoms with Gasteiger partial charge in [0.2, 0.25) is 10.0 Å². The van der Waals surface area contributed by atoms with E-state index in [0.29, 0.717) is 42.0 Å². The van der Waals surface area contributed by atoms with E-state index in [4.69, 9.17) is 14.5 Å². The summed E-state index contributed by atoms with van der Waals surface area (Å²) in [6, 6.07) is 12.7. The van der Waals surface area contributed by atoms with E-state index in [1.165, 1.54) is 0 Å². The van der Waals surface area contributed by atoms with Crippen LogP contribution in [0, 0.1) is 0 Å². The van der Waals surface area contributed by atoms with Crippen molar-refractivity contribution in [3.8, 4) is 11.5 Å². The maximum atomic E-state index is 13.0. The Hall–Kier alpha value is -2.14. The number of benzene rings is 2. The molecule has 0 aliphatic carbocycles. The first kappa shape index (κ1) is 23.0. The van der Waals surface area contributed by atoms with E-state index < -0.39 is 10.0 Å². The van der Waals surface area contributed by atoms with Gasteiger partial charge in [-0.1, -0.05) is 12.1 Å². The number of anilines is 1. The Morgan fingerprint density at radius 1 is 1.06 bits per heavy atom. The van der Waals surface area contributed by atoms with Gasteiger partial charge in [0.1, 0.15) is 11.5 Å². The SMILES string of the molecule is COc1ccc(OC)c(Cc2csc(N3CCN(S(=O)(=O)c4ccccc4Br)CC3)n2)c1. The molecular weight excluding hydrogens is 514 g/mol. The summed E-state index contributed by atoms with van der Waals surface area (Å²) in [5.74, 6) is 1.57. The molecule has 1 aromatic heterocycles. The van der Waals surface area contributed by atoms with Crippen molar-refractivity contribution in [1.82, 2.24) is 9.29 Å². The third kappa shape index (κ3) is 4.78. The number of aromatic nitrogens is 1. The molecule has 0 amide bonds. The Bertz CT molecular complexity index is 1190. The molecule has 0 radical (unpaired) electrons. The molecule has 4 rings (SSSR count). The lowest BCUT2D eigenvalue weighted by Crippen LogP contribution is -2.48. The summed E-state index contributed by atoms with van der Waals surface area (Å²) >= 11 is 4.93. The molecule has 1 aliphatic heterocycles. The van der Waals surface area contributed by atoms with Crippen LogP contribution in [0.5, 0.6) is 11.5 Å². The second-order valence-electron chi connectivity index (χ2n) is 7.30. The lowest BCUT2D eigenvalue weighted by atomic mass is 10.1. The molecule has 2 heterocycles. The van der Waals surface area contributed by atoms with Crippen LogP contribution in [0.1, 0.15) is 11.3 Å². The van der Waals surface area contributed by atoms with Crippen LogP contribution in [-0.4, -0.2) is 58.1 Å². The van der Waals surface area contributed by atoms with E-state index in [-0.39, 0.29) is 0 Å². The third-order valence-electron chi connectivity index (χ3n) is 5.36. The number of nitrogens with zero attached hydrogens (tertiary/aromatic N) is 3. The van der Waals surface area contributed by atoms with Gasteiger partial charge in [-0.05, 0) is 46.3 Å². The molecule has 0 N–H and O–H groups in total. The minimum Gasteiger partial charge on any atom is -0.497 e. The number of ether oxygens (including phenoxy) is 2. The van der Waals surface area contributed by atoms with Gasteiger partial charge in [-0.3, -0.25) is 0 Å². The average molecular weight is 538 g/mol. The quantitative estimate of drug-likeness (QED) is 0.453. The minimum absolute atomic E-state index is 0.303. The van der Waals surface area contributed by atoms with Crippen molar-refractivity contribution in [3.05, 3.63) is 63.6 Å². The molecule has 10 heteroatoms. The molecule has 0 spiro atoms. The fourth-order valence-corrected chi connectivity index (χ4v) is 6.92. The summed E-state index contributed by atoms with van der Waals surface area (Å²) in [5.41, 5.74) is 1.95. The highest BCUT2D eigenvalue weighted by atomic mass is 79.9. The van der Waals surface area contributed by atoms with E-state index in [2.05, 4.69) is 20.8 Å². The highest BCUT2D eigenvalue weighted by molar-refractivity contribution is 9.10. The number of halogens is 1. The Kier molecular flexibility index (Phi) is 7.04. The number of hydrogen-bond acceptors (Lipinski definition) is 7. The van der Waals surface area contributed by atoms with E-state index in [9.17, 15) is 8.42 Å². The Morgan fingerprint density at radius 2 is 1.81 bits per heavy atom. The normalized spacial score (nSPS) is 15.0. The number of piperazine rings is 1. The zero-order valence-corrected chi connectivity index (χ0v) is 21.0. The molecular formula is C22H24BrN3O4S2. The first-order valence-corrected chi connectivity index (χ1v) is 13.2. The summed E-state index contributed by atoms with van der Waals surface area (Å²) in [4.78, 5) is 7.24. The van der Waals surface area contributed by atoms with Crippen LogP contribution in [0.4, 0.5) is 5.13 Å². The molecule has 2 aromatic carbocycles. The number of sulfonamides is 1. The number of hydrogen-bond donors (Lipinski definition) is 0. The van der Waals surface area contributed by atoms with Crippen LogP contribution in [-0.2, 0) is 16.4 Å². The molecule has 1 saturated heterocycles. The predicted molar refractivity (Wildman–Crippen MR) is 130 cm³/mol. The zero-order valence-electron chi connectivity index (χ0n) is 17.8. The van der Waals surface area contributed by atoms with Gasteiger partial charge in [-0.25, -0.2) is 13.4 Å². The van der Waals surface area contributed by atoms with Crippen LogP contribution >= 0.6 is 27.3 Å². The maximum Gasteiger partial charge on any atom is 0.244 e. The van der Waals surface area contributed by atoms with Gasteiger partial charge < -0.3 is 14.4 Å². The highest BCUT2D eigenvalue weighted by Crippen LogP contribution is 2.30. The average Bonchev–Trinajstić information content (AvgIpc) is 3.27. The first-order chi connectivity index (χ1) is 15.4. The van der Waals surface area contributed by atoms with Crippen LogP contribution in [0.2, 0.25) is 0 Å². The van der Waals surface area contributed by atoms with Crippen molar-refractivity contribution < 1.29 is 17.9 Å². The highest BCUT2D eigenvalue weighted by Gasteiger charge is 2.30. The second kappa shape index (κ2) is 9.78. The van der Waals surface area contributed by atoms with Crippen molar-refractivity contribution in [2.24, 2.45) is 0 Å². The summed E-state index contributed by atoms with van der Waals surface area (Å²) in [7, 11) is -0.237. The van der Waals surface area contributed by atoms with Gasteiger partial charge in [-0.15, -0.1) is 11.3 Å². The van der Waals surface area contributed by atoms with Gasteiger partial charge in [0.25, 0.3) is 0 Å². The molecule has 3 aromatic rings. The van der Waals surface area contributed by atoms with Gasteiger partial charge in [0, 0.05) is 48.0 Å². The summed E-state index contributed by atoms with van der Waals surface area (Å²) < 4.78 is 39.0. The fraction of sp³-hybridized carbons (Fsp3) is 0.318. The first-order valence-electron chi connectivity index (χ1n) is 10.1. The van der Waals surface area contributed by atoms with E-state index >= 15 is 0 Å². The molecule has 0 saturated carbocycles. The van der Waals surface area contributed by atoms with Crippen LogP contribution < -0.4 is 14.4 Å². The van der Waals surface area contributed by atoms with Crippen molar-refractivity contribution in [1.29, 1.82) is 0 Å². The number of thiazole rings is 1. The molecule has 32 heavy (non-hydrogen) atoms. The summed E-state index contributed by atoms with van der Waals surface area (Å²) in [5, 5.41) is 2.94. The number of rotatable bonds is 7. The maximum absolute atomic E-state index is 13.0. The van der Waals surface area contributed by atoms with Gasteiger partial charge in [-0.2, -0.15) is 4.31 Å². The smallest absolute Gasteiger partial charge is 0.244 e.